The maximum Gasteiger partial charge on any atom is 0.410 e. The average Bonchev–Trinajstić information content (AvgIpc) is 2.86. The van der Waals surface area contributed by atoms with Gasteiger partial charge in [0.15, 0.2) is 0 Å². The fraction of sp³-hybridized carbons (Fsp3) is 0.400. The molecule has 1 N–H and O–H groups in total. The van der Waals surface area contributed by atoms with Crippen LogP contribution in [0.15, 0.2) is 24.3 Å². The number of nitrogens with zero attached hydrogens (tertiary/aromatic N) is 2. The molecular weight excluding hydrogens is 270 g/mol. The Kier molecular flexibility index (Phi) is 4.43. The van der Waals surface area contributed by atoms with Gasteiger partial charge in [-0.2, -0.15) is 5.26 Å². The zero-order valence-corrected chi connectivity index (χ0v) is 12.0. The molecule has 6 heteroatoms. The fourth-order valence-corrected chi connectivity index (χ4v) is 2.11. The van der Waals surface area contributed by atoms with Crippen molar-refractivity contribution in [2.75, 3.05) is 13.1 Å². The lowest BCUT2D eigenvalue weighted by molar-refractivity contribution is 0.0914. The first-order valence-electron chi connectivity index (χ1n) is 6.77. The van der Waals surface area contributed by atoms with Crippen molar-refractivity contribution >= 4 is 12.0 Å². The van der Waals surface area contributed by atoms with Gasteiger partial charge in [-0.25, -0.2) is 4.79 Å². The number of carbonyl (C=O) groups excluding carboxylic acids is 2. The minimum Gasteiger partial charge on any atom is -0.442 e. The van der Waals surface area contributed by atoms with Crippen LogP contribution in [0, 0.1) is 11.3 Å². The number of rotatable bonds is 4. The van der Waals surface area contributed by atoms with Crippen LogP contribution in [-0.4, -0.2) is 42.1 Å². The molecule has 1 aromatic carbocycles. The van der Waals surface area contributed by atoms with Crippen molar-refractivity contribution in [3.8, 4) is 6.07 Å². The summed E-state index contributed by atoms with van der Waals surface area (Å²) in [5, 5.41) is 11.5. The van der Waals surface area contributed by atoms with E-state index >= 15 is 0 Å². The number of hydrogen-bond donors (Lipinski definition) is 1. The zero-order chi connectivity index (χ0) is 15.4. The van der Waals surface area contributed by atoms with Crippen molar-refractivity contribution in [2.24, 2.45) is 0 Å². The molecule has 21 heavy (non-hydrogen) atoms. The minimum absolute atomic E-state index is 0.0745. The maximum absolute atomic E-state index is 12.0. The van der Waals surface area contributed by atoms with E-state index in [1.54, 1.807) is 23.1 Å². The maximum atomic E-state index is 12.0. The van der Waals surface area contributed by atoms with Crippen molar-refractivity contribution < 1.29 is 14.3 Å². The number of hydrogen-bond acceptors (Lipinski definition) is 4. The molecule has 1 unspecified atom stereocenters. The third kappa shape index (κ3) is 3.51. The smallest absolute Gasteiger partial charge is 0.410 e. The topological polar surface area (TPSA) is 82.4 Å². The number of carbonyl (C=O) groups is 2. The fourth-order valence-electron chi connectivity index (χ4n) is 2.11. The van der Waals surface area contributed by atoms with Gasteiger partial charge in [-0.05, 0) is 32.0 Å². The lowest BCUT2D eigenvalue weighted by atomic mass is 10.1. The quantitative estimate of drug-likeness (QED) is 0.910. The predicted molar refractivity (Wildman–Crippen MR) is 75.6 cm³/mol. The highest BCUT2D eigenvalue weighted by Crippen LogP contribution is 2.14. The second-order valence-electron chi connectivity index (χ2n) is 5.15. The van der Waals surface area contributed by atoms with Gasteiger partial charge >= 0.3 is 6.09 Å². The van der Waals surface area contributed by atoms with Crippen molar-refractivity contribution in [1.29, 1.82) is 5.26 Å². The van der Waals surface area contributed by atoms with Crippen LogP contribution in [0.4, 0.5) is 4.79 Å². The molecule has 1 saturated heterocycles. The van der Waals surface area contributed by atoms with Gasteiger partial charge in [0.05, 0.1) is 24.7 Å². The highest BCUT2D eigenvalue weighted by molar-refractivity contribution is 5.94. The van der Waals surface area contributed by atoms with Gasteiger partial charge in [0.25, 0.3) is 5.91 Å². The first-order chi connectivity index (χ1) is 10.0. The van der Waals surface area contributed by atoms with Crippen LogP contribution in [0.25, 0.3) is 0 Å². The van der Waals surface area contributed by atoms with Gasteiger partial charge in [0.2, 0.25) is 0 Å². The molecule has 0 spiro atoms. The second-order valence-corrected chi connectivity index (χ2v) is 5.15. The molecule has 2 amide bonds. The van der Waals surface area contributed by atoms with Gasteiger partial charge in [-0.3, -0.25) is 4.79 Å². The van der Waals surface area contributed by atoms with Crippen LogP contribution in [0.1, 0.15) is 29.8 Å². The van der Waals surface area contributed by atoms with Crippen molar-refractivity contribution in [3.63, 3.8) is 0 Å². The van der Waals surface area contributed by atoms with E-state index in [-0.39, 0.29) is 30.7 Å². The number of benzene rings is 1. The lowest BCUT2D eigenvalue weighted by Gasteiger charge is -2.16. The summed E-state index contributed by atoms with van der Waals surface area (Å²) < 4.78 is 5.19. The Bertz CT molecular complexity index is 592. The Balaban J connectivity index is 1.90. The second kappa shape index (κ2) is 6.27. The average molecular weight is 287 g/mol. The molecule has 1 aromatic rings. The van der Waals surface area contributed by atoms with Gasteiger partial charge in [-0.15, -0.1) is 0 Å². The van der Waals surface area contributed by atoms with E-state index in [2.05, 4.69) is 5.32 Å². The summed E-state index contributed by atoms with van der Waals surface area (Å²) in [4.78, 5) is 25.2. The molecule has 110 valence electrons. The minimum atomic E-state index is -0.351. The standard InChI is InChI=1S/C15H17N3O3/c1-10(2)18-9-13(21-15(18)20)8-17-14(19)12-5-3-4-11(6-12)7-16/h3-6,10,13H,8-9H2,1-2H3,(H,17,19). The molecule has 1 aliphatic heterocycles. The van der Waals surface area contributed by atoms with E-state index in [1.807, 2.05) is 19.9 Å². The van der Waals surface area contributed by atoms with Gasteiger partial charge in [0.1, 0.15) is 6.10 Å². The lowest BCUT2D eigenvalue weighted by Crippen LogP contribution is -2.36. The largest absolute Gasteiger partial charge is 0.442 e. The third-order valence-corrected chi connectivity index (χ3v) is 3.27. The van der Waals surface area contributed by atoms with Gasteiger partial charge in [0, 0.05) is 11.6 Å². The summed E-state index contributed by atoms with van der Waals surface area (Å²) in [5.41, 5.74) is 0.847. The molecule has 2 rings (SSSR count). The first-order valence-corrected chi connectivity index (χ1v) is 6.77. The molecule has 0 radical (unpaired) electrons. The van der Waals surface area contributed by atoms with E-state index in [0.29, 0.717) is 17.7 Å². The number of amides is 2. The SMILES string of the molecule is CC(C)N1CC(CNC(=O)c2cccc(C#N)c2)OC1=O. The number of nitrogens with one attached hydrogen (secondary N) is 1. The Morgan fingerprint density at radius 2 is 2.33 bits per heavy atom. The summed E-state index contributed by atoms with van der Waals surface area (Å²) in [6, 6.07) is 8.51. The molecule has 1 aliphatic rings. The molecule has 0 aromatic heterocycles. The van der Waals surface area contributed by atoms with E-state index in [1.165, 1.54) is 6.07 Å². The molecule has 1 atom stereocenters. The molecular formula is C15H17N3O3. The Labute approximate surface area is 123 Å². The number of cyclic esters (lactones) is 1. The molecule has 0 aliphatic carbocycles. The van der Waals surface area contributed by atoms with Crippen LogP contribution < -0.4 is 5.32 Å². The predicted octanol–water partition coefficient (Wildman–Crippen LogP) is 1.52. The van der Waals surface area contributed by atoms with Crippen LogP contribution in [0.5, 0.6) is 0 Å². The summed E-state index contributed by atoms with van der Waals surface area (Å²) >= 11 is 0. The van der Waals surface area contributed by atoms with E-state index in [9.17, 15) is 9.59 Å². The van der Waals surface area contributed by atoms with Gasteiger partial charge < -0.3 is 15.0 Å². The summed E-state index contributed by atoms with van der Waals surface area (Å²) in [6.07, 6.45) is -0.696. The van der Waals surface area contributed by atoms with Crippen LogP contribution >= 0.6 is 0 Å². The Morgan fingerprint density at radius 3 is 2.95 bits per heavy atom. The first kappa shape index (κ1) is 14.9. The number of ether oxygens (including phenoxy) is 1. The Hall–Kier alpha value is -2.55. The van der Waals surface area contributed by atoms with E-state index < -0.39 is 0 Å². The summed E-state index contributed by atoms with van der Waals surface area (Å²) in [5.74, 6) is -0.286. The van der Waals surface area contributed by atoms with Crippen molar-refractivity contribution in [3.05, 3.63) is 35.4 Å². The van der Waals surface area contributed by atoms with E-state index in [4.69, 9.17) is 10.00 Å². The normalized spacial score (nSPS) is 17.5. The Morgan fingerprint density at radius 1 is 1.57 bits per heavy atom. The molecule has 1 heterocycles. The van der Waals surface area contributed by atoms with Gasteiger partial charge in [-0.1, -0.05) is 6.07 Å². The molecule has 0 bridgehead atoms. The highest BCUT2D eigenvalue weighted by Gasteiger charge is 2.32. The summed E-state index contributed by atoms with van der Waals surface area (Å²) in [7, 11) is 0. The zero-order valence-electron chi connectivity index (χ0n) is 12.0. The van der Waals surface area contributed by atoms with Crippen LogP contribution in [0.2, 0.25) is 0 Å². The monoisotopic (exact) mass is 287 g/mol. The molecule has 0 saturated carbocycles. The van der Waals surface area contributed by atoms with Crippen LogP contribution in [0.3, 0.4) is 0 Å². The molecule has 6 nitrogen and oxygen atoms in total. The van der Waals surface area contributed by atoms with Crippen molar-refractivity contribution in [1.82, 2.24) is 10.2 Å². The highest BCUT2D eigenvalue weighted by atomic mass is 16.6. The third-order valence-electron chi connectivity index (χ3n) is 3.27. The molecule has 1 fully saturated rings. The van der Waals surface area contributed by atoms with Crippen molar-refractivity contribution in [2.45, 2.75) is 26.0 Å². The van der Waals surface area contributed by atoms with Crippen LogP contribution in [-0.2, 0) is 4.74 Å². The number of nitriles is 1. The summed E-state index contributed by atoms with van der Waals surface area (Å²) in [6.45, 7) is 4.55. The van der Waals surface area contributed by atoms with E-state index in [0.717, 1.165) is 0 Å².